The van der Waals surface area contributed by atoms with Crippen molar-refractivity contribution in [1.82, 2.24) is 9.97 Å². The van der Waals surface area contributed by atoms with Crippen LogP contribution in [0.3, 0.4) is 0 Å². The van der Waals surface area contributed by atoms with Crippen LogP contribution in [0.5, 0.6) is 5.75 Å². The number of fused-ring (bicyclic) bond motifs is 1. The summed E-state index contributed by atoms with van der Waals surface area (Å²) in [7, 11) is -3.50. The van der Waals surface area contributed by atoms with Crippen LogP contribution in [0.1, 0.15) is 5.01 Å². The third-order valence-corrected chi connectivity index (χ3v) is 6.75. The second-order valence-corrected chi connectivity index (χ2v) is 8.91. The van der Waals surface area contributed by atoms with Crippen LogP contribution in [0.15, 0.2) is 69.7 Å². The Balaban J connectivity index is 1.69. The van der Waals surface area contributed by atoms with Gasteiger partial charge in [0.2, 0.25) is 0 Å². The molecule has 0 saturated heterocycles. The summed E-state index contributed by atoms with van der Waals surface area (Å²) in [6.07, 6.45) is 0. The van der Waals surface area contributed by atoms with Gasteiger partial charge in [-0.15, -0.1) is 11.3 Å². The van der Waals surface area contributed by atoms with E-state index in [1.54, 1.807) is 47.8 Å². The topological polar surface area (TPSA) is 100 Å². The predicted molar refractivity (Wildman–Crippen MR) is 105 cm³/mol. The average molecular weight is 398 g/mol. The minimum atomic E-state index is -3.50. The fraction of sp³-hybridized carbons (Fsp3) is 0.0526. The molecule has 0 bridgehead atoms. The van der Waals surface area contributed by atoms with Crippen molar-refractivity contribution in [3.05, 3.63) is 75.3 Å². The Kier molecular flexibility index (Phi) is 4.29. The fourth-order valence-electron chi connectivity index (χ4n) is 2.75. The standard InChI is InChI=1S/C19H14N2O4S2/c22-13-7-6-12-8-15(19(23)21-16(12)9-13)17-10-26-18(20-17)11-27(24,25)14-4-2-1-3-5-14/h1-10,22H,11H2,(H,21,23). The second-order valence-electron chi connectivity index (χ2n) is 5.98. The van der Waals surface area contributed by atoms with E-state index in [-0.39, 0.29) is 22.0 Å². The molecule has 0 spiro atoms. The van der Waals surface area contributed by atoms with Crippen molar-refractivity contribution < 1.29 is 13.5 Å². The highest BCUT2D eigenvalue weighted by atomic mass is 32.2. The zero-order valence-corrected chi connectivity index (χ0v) is 15.5. The number of aromatic nitrogens is 2. The summed E-state index contributed by atoms with van der Waals surface area (Å²) in [5.41, 5.74) is 0.948. The number of benzene rings is 2. The SMILES string of the molecule is O=c1[nH]c2cc(O)ccc2cc1-c1csc(CS(=O)(=O)c2ccccc2)n1. The number of hydrogen-bond acceptors (Lipinski definition) is 6. The number of phenolic OH excluding ortho intramolecular Hbond substituents is 1. The van der Waals surface area contributed by atoms with Gasteiger partial charge in [0.1, 0.15) is 16.5 Å². The van der Waals surface area contributed by atoms with Crippen molar-refractivity contribution in [2.24, 2.45) is 0 Å². The Morgan fingerprint density at radius 2 is 1.85 bits per heavy atom. The third kappa shape index (κ3) is 3.49. The zero-order valence-electron chi connectivity index (χ0n) is 13.9. The highest BCUT2D eigenvalue weighted by molar-refractivity contribution is 7.90. The minimum Gasteiger partial charge on any atom is -0.508 e. The highest BCUT2D eigenvalue weighted by Crippen LogP contribution is 2.25. The molecule has 4 aromatic rings. The summed E-state index contributed by atoms with van der Waals surface area (Å²) in [6.45, 7) is 0. The molecule has 0 aliphatic heterocycles. The van der Waals surface area contributed by atoms with Gasteiger partial charge in [-0.25, -0.2) is 13.4 Å². The van der Waals surface area contributed by atoms with Gasteiger partial charge in [0, 0.05) is 11.4 Å². The first-order chi connectivity index (χ1) is 12.9. The van der Waals surface area contributed by atoms with E-state index in [9.17, 15) is 18.3 Å². The lowest BCUT2D eigenvalue weighted by molar-refractivity contribution is 0.476. The Bertz CT molecular complexity index is 1290. The molecule has 0 saturated carbocycles. The van der Waals surface area contributed by atoms with E-state index < -0.39 is 9.84 Å². The van der Waals surface area contributed by atoms with Gasteiger partial charge in [-0.2, -0.15) is 0 Å². The number of H-pyrrole nitrogens is 1. The Hall–Kier alpha value is -2.97. The number of phenols is 1. The van der Waals surface area contributed by atoms with Crippen molar-refractivity contribution in [2.45, 2.75) is 10.6 Å². The molecule has 2 aromatic heterocycles. The van der Waals surface area contributed by atoms with E-state index in [0.717, 1.165) is 5.39 Å². The average Bonchev–Trinajstić information content (AvgIpc) is 3.09. The Labute approximate surface area is 158 Å². The van der Waals surface area contributed by atoms with Crippen LogP contribution < -0.4 is 5.56 Å². The summed E-state index contributed by atoms with van der Waals surface area (Å²) in [4.78, 5) is 19.7. The zero-order chi connectivity index (χ0) is 19.0. The van der Waals surface area contributed by atoms with E-state index in [1.165, 1.54) is 23.5 Å². The molecule has 0 amide bonds. The van der Waals surface area contributed by atoms with Gasteiger partial charge in [0.05, 0.1) is 21.7 Å². The molecule has 0 unspecified atom stereocenters. The molecule has 2 N–H and O–H groups in total. The maximum atomic E-state index is 12.5. The first kappa shape index (κ1) is 17.4. The van der Waals surface area contributed by atoms with Crippen LogP contribution in [0, 0.1) is 0 Å². The van der Waals surface area contributed by atoms with Gasteiger partial charge in [0.15, 0.2) is 9.84 Å². The lowest BCUT2D eigenvalue weighted by Gasteiger charge is -2.02. The maximum Gasteiger partial charge on any atom is 0.257 e. The van der Waals surface area contributed by atoms with E-state index in [2.05, 4.69) is 9.97 Å². The lowest BCUT2D eigenvalue weighted by Crippen LogP contribution is -2.09. The third-order valence-electron chi connectivity index (χ3n) is 4.07. The molecular weight excluding hydrogens is 384 g/mol. The smallest absolute Gasteiger partial charge is 0.257 e. The van der Waals surface area contributed by atoms with Crippen LogP contribution in [0.4, 0.5) is 0 Å². The van der Waals surface area contributed by atoms with Crippen molar-refractivity contribution in [2.75, 3.05) is 0 Å². The monoisotopic (exact) mass is 398 g/mol. The molecule has 2 aromatic carbocycles. The number of rotatable bonds is 4. The van der Waals surface area contributed by atoms with Crippen LogP contribution in [0.25, 0.3) is 22.2 Å². The number of aromatic amines is 1. The van der Waals surface area contributed by atoms with Gasteiger partial charge in [0.25, 0.3) is 5.56 Å². The molecule has 0 aliphatic rings. The molecule has 6 nitrogen and oxygen atoms in total. The quantitative estimate of drug-likeness (QED) is 0.549. The van der Waals surface area contributed by atoms with Crippen molar-refractivity contribution >= 4 is 32.1 Å². The summed E-state index contributed by atoms with van der Waals surface area (Å²) in [5, 5.41) is 12.4. The van der Waals surface area contributed by atoms with Crippen LogP contribution in [0.2, 0.25) is 0 Å². The van der Waals surface area contributed by atoms with Gasteiger partial charge in [-0.05, 0) is 35.7 Å². The van der Waals surface area contributed by atoms with E-state index in [0.29, 0.717) is 21.8 Å². The molecule has 4 rings (SSSR count). The second kappa shape index (κ2) is 6.64. The normalized spacial score (nSPS) is 11.7. The number of nitrogens with zero attached hydrogens (tertiary/aromatic N) is 1. The van der Waals surface area contributed by atoms with Crippen molar-refractivity contribution in [1.29, 1.82) is 0 Å². The number of nitrogens with one attached hydrogen (secondary N) is 1. The highest BCUT2D eigenvalue weighted by Gasteiger charge is 2.18. The molecule has 0 fully saturated rings. The van der Waals surface area contributed by atoms with Crippen molar-refractivity contribution in [3.8, 4) is 17.0 Å². The Morgan fingerprint density at radius 3 is 2.63 bits per heavy atom. The largest absolute Gasteiger partial charge is 0.508 e. The predicted octanol–water partition coefficient (Wildman–Crippen LogP) is 3.33. The number of sulfone groups is 1. The van der Waals surface area contributed by atoms with Gasteiger partial charge >= 0.3 is 0 Å². The van der Waals surface area contributed by atoms with E-state index in [4.69, 9.17) is 0 Å². The molecule has 136 valence electrons. The van der Waals surface area contributed by atoms with E-state index >= 15 is 0 Å². The maximum absolute atomic E-state index is 12.5. The Morgan fingerprint density at radius 1 is 1.07 bits per heavy atom. The van der Waals surface area contributed by atoms with E-state index in [1.807, 2.05) is 0 Å². The van der Waals surface area contributed by atoms with Crippen molar-refractivity contribution in [3.63, 3.8) is 0 Å². The molecule has 8 heteroatoms. The van der Waals surface area contributed by atoms with Crippen LogP contribution >= 0.6 is 11.3 Å². The summed E-state index contributed by atoms with van der Waals surface area (Å²) < 4.78 is 25.0. The molecule has 0 atom stereocenters. The number of pyridine rings is 1. The molecule has 2 heterocycles. The molecule has 0 radical (unpaired) electrons. The van der Waals surface area contributed by atoms with Gasteiger partial charge < -0.3 is 10.1 Å². The summed E-state index contributed by atoms with van der Waals surface area (Å²) >= 11 is 1.20. The van der Waals surface area contributed by atoms with Gasteiger partial charge in [-0.1, -0.05) is 18.2 Å². The molecule has 27 heavy (non-hydrogen) atoms. The van der Waals surface area contributed by atoms with Crippen LogP contribution in [-0.4, -0.2) is 23.5 Å². The first-order valence-corrected chi connectivity index (χ1v) is 10.5. The lowest BCUT2D eigenvalue weighted by atomic mass is 10.1. The minimum absolute atomic E-state index is 0.0629. The number of thiazole rings is 1. The molecular formula is C19H14N2O4S2. The van der Waals surface area contributed by atoms with Gasteiger partial charge in [-0.3, -0.25) is 4.79 Å². The summed E-state index contributed by atoms with van der Waals surface area (Å²) in [6, 6.07) is 14.6. The first-order valence-electron chi connectivity index (χ1n) is 8.01. The molecule has 0 aliphatic carbocycles. The number of hydrogen-bond donors (Lipinski definition) is 2. The summed E-state index contributed by atoms with van der Waals surface area (Å²) in [5.74, 6) is -0.158. The fourth-order valence-corrected chi connectivity index (χ4v) is 5.20. The van der Waals surface area contributed by atoms with Crippen LogP contribution in [-0.2, 0) is 15.6 Å². The number of aromatic hydroxyl groups is 1.